The van der Waals surface area contributed by atoms with Gasteiger partial charge in [0.05, 0.1) is 0 Å². The van der Waals surface area contributed by atoms with E-state index in [0.717, 1.165) is 68.7 Å². The minimum Gasteiger partial charge on any atom is -0.477 e. The molecule has 1 aliphatic carbocycles. The number of rotatable bonds is 12. The van der Waals surface area contributed by atoms with Crippen LogP contribution in [-0.2, 0) is 4.79 Å². The highest BCUT2D eigenvalue weighted by Gasteiger charge is 2.28. The van der Waals surface area contributed by atoms with Gasteiger partial charge in [-0.05, 0) is 144 Å². The average molecular weight is 795 g/mol. The lowest BCUT2D eigenvalue weighted by molar-refractivity contribution is -0.132. The number of nitriles is 1. The van der Waals surface area contributed by atoms with Gasteiger partial charge in [0, 0.05) is 51.2 Å². The SMILES string of the molecule is CC1(C)CC(/C=C/c2ccc(N(c3ccc(N(c4ccccc4)c4ccccc4)cc3)c3ccc(N(c4ccccc4)c4ccccc4)cc3)cc2)=CC(=C(\C#N)C(=O)O)/C1. The Hall–Kier alpha value is -7.88. The summed E-state index contributed by atoms with van der Waals surface area (Å²) < 4.78 is 0. The van der Waals surface area contributed by atoms with Crippen LogP contribution in [0.5, 0.6) is 0 Å². The number of carboxylic acids is 1. The molecule has 7 aromatic rings. The summed E-state index contributed by atoms with van der Waals surface area (Å²) in [5, 5.41) is 19.2. The second kappa shape index (κ2) is 17.9. The van der Waals surface area contributed by atoms with Crippen molar-refractivity contribution in [2.24, 2.45) is 5.41 Å². The Morgan fingerprint density at radius 1 is 0.492 bits per heavy atom. The lowest BCUT2D eigenvalue weighted by atomic mass is 9.74. The highest BCUT2D eigenvalue weighted by Crippen LogP contribution is 2.42. The molecule has 0 bridgehead atoms. The standard InChI is InChI=1S/C55H46N4O2/c1-55(2)38-42(37-43(39-55)53(40-56)54(60)61)24-23-41-25-27-48(28-26-41)59(51-33-29-49(30-34-51)57(44-15-7-3-8-16-44)45-17-9-4-10-18-45)52-35-31-50(32-36-52)58(46-19-11-5-12-20-46)47-21-13-6-14-22-47/h3-37H,38-39H2,1-2H3,(H,60,61)/b24-23+,53-43-. The lowest BCUT2D eigenvalue weighted by Crippen LogP contribution is -2.19. The van der Waals surface area contributed by atoms with E-state index in [1.165, 1.54) is 0 Å². The van der Waals surface area contributed by atoms with E-state index in [-0.39, 0.29) is 11.0 Å². The molecule has 0 amide bonds. The number of allylic oxidation sites excluding steroid dienone is 4. The first-order valence-electron chi connectivity index (χ1n) is 20.4. The molecule has 0 aliphatic heterocycles. The zero-order valence-corrected chi connectivity index (χ0v) is 34.3. The molecule has 0 fully saturated rings. The molecule has 0 saturated carbocycles. The molecule has 298 valence electrons. The molecule has 0 radical (unpaired) electrons. The molecule has 0 heterocycles. The second-order valence-corrected chi connectivity index (χ2v) is 15.9. The van der Waals surface area contributed by atoms with Crippen LogP contribution in [0.4, 0.5) is 51.2 Å². The first-order chi connectivity index (χ1) is 29.8. The molecule has 0 saturated heterocycles. The van der Waals surface area contributed by atoms with Gasteiger partial charge >= 0.3 is 5.97 Å². The van der Waals surface area contributed by atoms with E-state index in [9.17, 15) is 15.2 Å². The zero-order chi connectivity index (χ0) is 42.2. The molecular weight excluding hydrogens is 749 g/mol. The molecule has 8 rings (SSSR count). The summed E-state index contributed by atoms with van der Waals surface area (Å²) in [5.74, 6) is -1.19. The predicted octanol–water partition coefficient (Wildman–Crippen LogP) is 14.8. The molecule has 6 heteroatoms. The summed E-state index contributed by atoms with van der Waals surface area (Å²) in [5.41, 5.74) is 11.6. The number of carboxylic acid groups (broad SMARTS) is 1. The number of carbonyl (C=O) groups is 1. The van der Waals surface area contributed by atoms with E-state index in [1.807, 2.05) is 42.5 Å². The minimum absolute atomic E-state index is 0.171. The third-order valence-corrected chi connectivity index (χ3v) is 10.8. The van der Waals surface area contributed by atoms with Crippen LogP contribution >= 0.6 is 0 Å². The van der Waals surface area contributed by atoms with Crippen molar-refractivity contribution in [3.63, 3.8) is 0 Å². The first-order valence-corrected chi connectivity index (χ1v) is 20.4. The maximum absolute atomic E-state index is 11.8. The van der Waals surface area contributed by atoms with Crippen LogP contribution in [0, 0.1) is 16.7 Å². The molecule has 0 unspecified atom stereocenters. The van der Waals surface area contributed by atoms with Crippen LogP contribution in [0.25, 0.3) is 6.08 Å². The smallest absolute Gasteiger partial charge is 0.346 e. The van der Waals surface area contributed by atoms with E-state index >= 15 is 0 Å². The van der Waals surface area contributed by atoms with Crippen molar-refractivity contribution in [2.45, 2.75) is 26.7 Å². The van der Waals surface area contributed by atoms with E-state index in [1.54, 1.807) is 0 Å². The third-order valence-electron chi connectivity index (χ3n) is 10.8. The molecule has 0 aromatic heterocycles. The maximum Gasteiger partial charge on any atom is 0.346 e. The lowest BCUT2D eigenvalue weighted by Gasteiger charge is -2.30. The predicted molar refractivity (Wildman–Crippen MR) is 251 cm³/mol. The summed E-state index contributed by atoms with van der Waals surface area (Å²) in [7, 11) is 0. The Bertz CT molecular complexity index is 2510. The summed E-state index contributed by atoms with van der Waals surface area (Å²) in [6, 6.07) is 69.4. The van der Waals surface area contributed by atoms with Gasteiger partial charge in [-0.3, -0.25) is 0 Å². The van der Waals surface area contributed by atoms with Crippen molar-refractivity contribution in [3.8, 4) is 6.07 Å². The Morgan fingerprint density at radius 3 is 1.11 bits per heavy atom. The van der Waals surface area contributed by atoms with Gasteiger partial charge in [-0.2, -0.15) is 5.26 Å². The van der Waals surface area contributed by atoms with Gasteiger partial charge in [-0.15, -0.1) is 0 Å². The molecule has 1 aliphatic rings. The van der Waals surface area contributed by atoms with Gasteiger partial charge < -0.3 is 19.8 Å². The van der Waals surface area contributed by atoms with Gasteiger partial charge in [0.1, 0.15) is 11.6 Å². The topological polar surface area (TPSA) is 70.8 Å². The Morgan fingerprint density at radius 2 is 0.803 bits per heavy atom. The molecule has 7 aromatic carbocycles. The minimum atomic E-state index is -1.19. The van der Waals surface area contributed by atoms with Gasteiger partial charge in [0.25, 0.3) is 0 Å². The third kappa shape index (κ3) is 9.23. The normalized spacial score (nSPS) is 14.1. The summed E-state index contributed by atoms with van der Waals surface area (Å²) in [4.78, 5) is 18.6. The summed E-state index contributed by atoms with van der Waals surface area (Å²) in [6.07, 6.45) is 7.28. The second-order valence-electron chi connectivity index (χ2n) is 15.9. The molecule has 61 heavy (non-hydrogen) atoms. The molecule has 0 atom stereocenters. The number of hydrogen-bond acceptors (Lipinski definition) is 5. The van der Waals surface area contributed by atoms with Crippen LogP contribution < -0.4 is 14.7 Å². The Kier molecular flexibility index (Phi) is 11.7. The van der Waals surface area contributed by atoms with E-state index < -0.39 is 5.97 Å². The fourth-order valence-corrected chi connectivity index (χ4v) is 8.07. The fraction of sp³-hybridized carbons (Fsp3) is 0.0909. The largest absolute Gasteiger partial charge is 0.477 e. The molecule has 6 nitrogen and oxygen atoms in total. The van der Waals surface area contributed by atoms with E-state index in [4.69, 9.17) is 0 Å². The number of nitrogens with zero attached hydrogens (tertiary/aromatic N) is 4. The molecule has 0 spiro atoms. The van der Waals surface area contributed by atoms with Crippen molar-refractivity contribution in [1.29, 1.82) is 5.26 Å². The Labute approximate surface area is 358 Å². The van der Waals surface area contributed by atoms with E-state index in [0.29, 0.717) is 12.0 Å². The van der Waals surface area contributed by atoms with Crippen LogP contribution in [0.3, 0.4) is 0 Å². The average Bonchev–Trinajstić information content (AvgIpc) is 3.28. The Balaban J connectivity index is 1.16. The van der Waals surface area contributed by atoms with Gasteiger partial charge in [-0.1, -0.05) is 117 Å². The summed E-state index contributed by atoms with van der Waals surface area (Å²) in [6.45, 7) is 4.21. The van der Waals surface area contributed by atoms with Gasteiger partial charge in [0.15, 0.2) is 0 Å². The van der Waals surface area contributed by atoms with Gasteiger partial charge in [0.2, 0.25) is 0 Å². The van der Waals surface area contributed by atoms with Crippen molar-refractivity contribution in [3.05, 3.63) is 229 Å². The van der Waals surface area contributed by atoms with Crippen molar-refractivity contribution < 1.29 is 9.90 Å². The fourth-order valence-electron chi connectivity index (χ4n) is 8.07. The highest BCUT2D eigenvalue weighted by molar-refractivity contribution is 5.93. The number of anilines is 9. The molecule has 1 N–H and O–H groups in total. The van der Waals surface area contributed by atoms with Crippen molar-refractivity contribution in [1.82, 2.24) is 0 Å². The van der Waals surface area contributed by atoms with Crippen molar-refractivity contribution in [2.75, 3.05) is 14.7 Å². The zero-order valence-electron chi connectivity index (χ0n) is 34.3. The van der Waals surface area contributed by atoms with Crippen LogP contribution in [-0.4, -0.2) is 11.1 Å². The first kappa shape index (κ1) is 39.9. The monoisotopic (exact) mass is 794 g/mol. The maximum atomic E-state index is 11.8. The van der Waals surface area contributed by atoms with Crippen LogP contribution in [0.15, 0.2) is 223 Å². The van der Waals surface area contributed by atoms with Gasteiger partial charge in [-0.25, -0.2) is 4.79 Å². The number of para-hydroxylation sites is 4. The quantitative estimate of drug-likeness (QED) is 0.0981. The summed E-state index contributed by atoms with van der Waals surface area (Å²) >= 11 is 0. The van der Waals surface area contributed by atoms with Crippen LogP contribution in [0.1, 0.15) is 32.3 Å². The van der Waals surface area contributed by atoms with E-state index in [2.05, 4.69) is 204 Å². The number of aliphatic carboxylic acids is 1. The number of benzene rings is 7. The number of hydrogen-bond donors (Lipinski definition) is 1. The van der Waals surface area contributed by atoms with Crippen LogP contribution in [0.2, 0.25) is 0 Å². The molecular formula is C55H46N4O2. The van der Waals surface area contributed by atoms with Crippen molar-refractivity contribution >= 4 is 63.2 Å². The highest BCUT2D eigenvalue weighted by atomic mass is 16.4.